The summed E-state index contributed by atoms with van der Waals surface area (Å²) in [4.78, 5) is 45.3. The van der Waals surface area contributed by atoms with Crippen molar-refractivity contribution < 1.29 is 19.3 Å². The first-order chi connectivity index (χ1) is 18.6. The molecular weight excluding hydrogens is 520 g/mol. The molecule has 1 spiro atoms. The molecule has 2 N–H and O–H groups in total. The smallest absolute Gasteiger partial charge is 0.352 e. The lowest BCUT2D eigenvalue weighted by atomic mass is 9.87. The zero-order valence-electron chi connectivity index (χ0n) is 22.6. The molecule has 4 heterocycles. The van der Waals surface area contributed by atoms with Crippen molar-refractivity contribution in [3.05, 3.63) is 65.0 Å². The van der Waals surface area contributed by atoms with Crippen LogP contribution in [0.15, 0.2) is 54.4 Å². The van der Waals surface area contributed by atoms with Crippen LogP contribution in [0.1, 0.15) is 39.2 Å². The zero-order valence-corrected chi connectivity index (χ0v) is 23.3. The highest BCUT2D eigenvalue weighted by Gasteiger charge is 2.42. The fourth-order valence-electron chi connectivity index (χ4n) is 5.00. The number of carbonyl (C=O) groups is 2. The number of hydroxylamine groups is 3. The summed E-state index contributed by atoms with van der Waals surface area (Å²) in [6, 6.07) is 11.4. The maximum Gasteiger partial charge on any atom is 0.430 e. The molecule has 10 nitrogen and oxygen atoms in total. The van der Waals surface area contributed by atoms with E-state index in [-0.39, 0.29) is 11.3 Å². The molecule has 3 aliphatic heterocycles. The fourth-order valence-corrected chi connectivity index (χ4v) is 5.24. The molecule has 0 aliphatic carbocycles. The van der Waals surface area contributed by atoms with Gasteiger partial charge < -0.3 is 14.6 Å². The second-order valence-electron chi connectivity index (χ2n) is 11.2. The van der Waals surface area contributed by atoms with E-state index in [0.29, 0.717) is 68.5 Å². The molecule has 1 aromatic carbocycles. The topological polar surface area (TPSA) is 99.3 Å². The van der Waals surface area contributed by atoms with Crippen molar-refractivity contribution in [3.8, 4) is 0 Å². The monoisotopic (exact) mass is 554 g/mol. The van der Waals surface area contributed by atoms with Crippen molar-refractivity contribution in [2.75, 3.05) is 49.5 Å². The van der Waals surface area contributed by atoms with Crippen LogP contribution in [0.25, 0.3) is 0 Å². The van der Waals surface area contributed by atoms with E-state index in [1.54, 1.807) is 17.3 Å². The van der Waals surface area contributed by atoms with E-state index < -0.39 is 11.7 Å². The number of benzene rings is 1. The van der Waals surface area contributed by atoms with Gasteiger partial charge in [0.05, 0.1) is 5.02 Å². The molecule has 2 aromatic rings. The Morgan fingerprint density at radius 3 is 2.38 bits per heavy atom. The van der Waals surface area contributed by atoms with E-state index in [0.717, 1.165) is 5.82 Å². The normalized spacial score (nSPS) is 19.4. The number of rotatable bonds is 4. The van der Waals surface area contributed by atoms with Crippen LogP contribution in [-0.4, -0.2) is 71.8 Å². The summed E-state index contributed by atoms with van der Waals surface area (Å²) in [5, 5.41) is 5.02. The molecule has 0 unspecified atom stereocenters. The Labute approximate surface area is 233 Å². The van der Waals surface area contributed by atoms with Gasteiger partial charge in [-0.1, -0.05) is 44.5 Å². The van der Waals surface area contributed by atoms with E-state index >= 15 is 0 Å². The summed E-state index contributed by atoms with van der Waals surface area (Å²) in [7, 11) is 0. The van der Waals surface area contributed by atoms with Crippen molar-refractivity contribution in [1.29, 1.82) is 0 Å². The Morgan fingerprint density at radius 1 is 1.05 bits per heavy atom. The van der Waals surface area contributed by atoms with Crippen molar-refractivity contribution in [2.24, 2.45) is 0 Å². The number of pyridine rings is 1. The van der Waals surface area contributed by atoms with Crippen LogP contribution in [0.5, 0.6) is 0 Å². The quantitative estimate of drug-likeness (QED) is 0.583. The van der Waals surface area contributed by atoms with Gasteiger partial charge in [-0.15, -0.1) is 5.06 Å². The number of piperidine rings is 1. The van der Waals surface area contributed by atoms with Gasteiger partial charge in [0.1, 0.15) is 17.1 Å². The second-order valence-corrected chi connectivity index (χ2v) is 11.6. The minimum absolute atomic E-state index is 0.0444. The van der Waals surface area contributed by atoms with E-state index in [4.69, 9.17) is 21.3 Å². The molecule has 39 heavy (non-hydrogen) atoms. The van der Waals surface area contributed by atoms with Crippen LogP contribution in [0.2, 0.25) is 5.02 Å². The highest BCUT2D eigenvalue weighted by Crippen LogP contribution is 2.33. The van der Waals surface area contributed by atoms with E-state index in [1.807, 2.05) is 41.3 Å². The third-order valence-corrected chi connectivity index (χ3v) is 7.68. The lowest BCUT2D eigenvalue weighted by molar-refractivity contribution is -0.155. The Kier molecular flexibility index (Phi) is 7.70. The van der Waals surface area contributed by atoms with E-state index in [9.17, 15) is 9.59 Å². The molecule has 2 amide bonds. The number of hydrogen-bond donors (Lipinski definition) is 2. The van der Waals surface area contributed by atoms with Crippen LogP contribution in [0.4, 0.5) is 16.3 Å². The Balaban J connectivity index is 1.09. The minimum Gasteiger partial charge on any atom is -0.352 e. The highest BCUT2D eigenvalue weighted by atomic mass is 35.5. The summed E-state index contributed by atoms with van der Waals surface area (Å²) in [5.74, 6) is 0.655. The first-order valence-corrected chi connectivity index (χ1v) is 13.7. The van der Waals surface area contributed by atoms with Crippen LogP contribution in [0.3, 0.4) is 0 Å². The van der Waals surface area contributed by atoms with Crippen LogP contribution >= 0.6 is 11.6 Å². The predicted molar refractivity (Wildman–Crippen MR) is 149 cm³/mol. The van der Waals surface area contributed by atoms with E-state index in [1.165, 1.54) is 5.56 Å². The van der Waals surface area contributed by atoms with Gasteiger partial charge in [-0.05, 0) is 54.2 Å². The summed E-state index contributed by atoms with van der Waals surface area (Å²) < 4.78 is 0. The van der Waals surface area contributed by atoms with Gasteiger partial charge in [0.25, 0.3) is 5.91 Å². The van der Waals surface area contributed by atoms with Gasteiger partial charge in [-0.25, -0.2) is 9.78 Å². The number of anilines is 2. The van der Waals surface area contributed by atoms with Crippen molar-refractivity contribution in [3.63, 3.8) is 0 Å². The van der Waals surface area contributed by atoms with Crippen LogP contribution in [0, 0.1) is 0 Å². The summed E-state index contributed by atoms with van der Waals surface area (Å²) in [6.07, 6.45) is 4.23. The molecule has 0 bridgehead atoms. The largest absolute Gasteiger partial charge is 0.430 e. The molecule has 2 fully saturated rings. The van der Waals surface area contributed by atoms with Gasteiger partial charge in [0.15, 0.2) is 0 Å². The number of carbonyl (C=O) groups excluding carboxylic acids is 2. The summed E-state index contributed by atoms with van der Waals surface area (Å²) >= 11 is 6.28. The Hall–Kier alpha value is -3.34. The third-order valence-electron chi connectivity index (χ3n) is 7.39. The average Bonchev–Trinajstić information content (AvgIpc) is 3.33. The maximum absolute atomic E-state index is 13.2. The first-order valence-electron chi connectivity index (χ1n) is 13.3. The van der Waals surface area contributed by atoms with Gasteiger partial charge in [-0.2, -0.15) is 0 Å². The van der Waals surface area contributed by atoms with Crippen molar-refractivity contribution in [2.45, 2.75) is 44.6 Å². The number of piperazine rings is 1. The minimum atomic E-state index is -0.604. The number of halogens is 1. The molecule has 0 radical (unpaired) electrons. The van der Waals surface area contributed by atoms with Gasteiger partial charge in [0.2, 0.25) is 0 Å². The molecule has 5 rings (SSSR count). The standard InChI is InChI=1S/C28H35ClN6O4/c1-27(2,3)20-6-8-21(9-7-20)31-26(37)38-35-13-10-28(11-14-35)19-23(32-39-28)25(36)34-17-15-33(16-18-34)24-22(29)5-4-12-30-24/h4-9,12,19,32H,10-11,13-18H2,1-3H3,(H,31,37). The molecule has 208 valence electrons. The predicted octanol–water partition coefficient (Wildman–Crippen LogP) is 4.10. The fraction of sp³-hybridized carbons (Fsp3) is 0.464. The maximum atomic E-state index is 13.2. The van der Waals surface area contributed by atoms with Crippen LogP contribution < -0.4 is 15.7 Å². The molecule has 1 aromatic heterocycles. The molecule has 0 atom stereocenters. The number of nitrogens with one attached hydrogen (secondary N) is 2. The second kappa shape index (κ2) is 11.0. The van der Waals surface area contributed by atoms with E-state index in [2.05, 4.69) is 41.5 Å². The number of amides is 2. The third kappa shape index (κ3) is 6.29. The molecule has 0 saturated carbocycles. The van der Waals surface area contributed by atoms with Gasteiger partial charge >= 0.3 is 6.09 Å². The first kappa shape index (κ1) is 27.2. The summed E-state index contributed by atoms with van der Waals surface area (Å²) in [5.41, 5.74) is 4.61. The number of hydrogen-bond acceptors (Lipinski definition) is 8. The van der Waals surface area contributed by atoms with Crippen molar-refractivity contribution >= 4 is 35.1 Å². The lowest BCUT2D eigenvalue weighted by Gasteiger charge is -2.35. The molecule has 11 heteroatoms. The Bertz CT molecular complexity index is 1230. The highest BCUT2D eigenvalue weighted by molar-refractivity contribution is 6.32. The number of aromatic nitrogens is 1. The van der Waals surface area contributed by atoms with Gasteiger partial charge in [-0.3, -0.25) is 20.4 Å². The molecular formula is C28H35ClN6O4. The molecule has 3 aliphatic rings. The zero-order chi connectivity index (χ0) is 27.6. The van der Waals surface area contributed by atoms with Crippen LogP contribution in [-0.2, 0) is 19.9 Å². The Morgan fingerprint density at radius 2 is 1.74 bits per heavy atom. The molecule has 2 saturated heterocycles. The van der Waals surface area contributed by atoms with Crippen molar-refractivity contribution in [1.82, 2.24) is 20.4 Å². The van der Waals surface area contributed by atoms with Gasteiger partial charge in [0, 0.05) is 51.2 Å². The lowest BCUT2D eigenvalue weighted by Crippen LogP contribution is -2.50. The SMILES string of the molecule is CC(C)(C)c1ccc(NC(=O)ON2CCC3(C=C(C(=O)N4CCN(c5ncccc5Cl)CC4)NO3)CC2)cc1. The number of nitrogens with zero attached hydrogens (tertiary/aromatic N) is 4. The summed E-state index contributed by atoms with van der Waals surface area (Å²) in [6.45, 7) is 9.83. The average molecular weight is 555 g/mol.